The molecule has 0 spiro atoms. The summed E-state index contributed by atoms with van der Waals surface area (Å²) in [6.07, 6.45) is 1.03. The zero-order valence-corrected chi connectivity index (χ0v) is 16.1. The van der Waals surface area contributed by atoms with Gasteiger partial charge in [0, 0.05) is 22.6 Å². The smallest absolute Gasteiger partial charge is 0.255 e. The summed E-state index contributed by atoms with van der Waals surface area (Å²) in [4.78, 5) is 20.4. The normalized spacial score (nSPS) is 10.4. The third-order valence-corrected chi connectivity index (χ3v) is 4.26. The van der Waals surface area contributed by atoms with E-state index in [1.54, 1.807) is 48.5 Å². The lowest BCUT2D eigenvalue weighted by Crippen LogP contribution is -2.11. The van der Waals surface area contributed by atoms with E-state index in [9.17, 15) is 13.6 Å². The number of nitrogens with one attached hydrogen (secondary N) is 3. The number of anilines is 5. The van der Waals surface area contributed by atoms with Gasteiger partial charge >= 0.3 is 0 Å². The fraction of sp³-hybridized carbons (Fsp3) is 0. The summed E-state index contributed by atoms with van der Waals surface area (Å²) in [5.41, 5.74) is 2.20. The van der Waals surface area contributed by atoms with Gasteiger partial charge in [0.05, 0.1) is 6.20 Å². The van der Waals surface area contributed by atoms with Crippen molar-refractivity contribution in [3.63, 3.8) is 0 Å². The molecule has 0 saturated heterocycles. The number of hydrogen-bond acceptors (Lipinski definition) is 5. The molecule has 1 amide bonds. The Hall–Kier alpha value is -4.33. The lowest BCUT2D eigenvalue weighted by Gasteiger charge is -2.11. The van der Waals surface area contributed by atoms with Gasteiger partial charge in [-0.1, -0.05) is 24.3 Å². The molecule has 3 aromatic carbocycles. The van der Waals surface area contributed by atoms with Gasteiger partial charge in [-0.3, -0.25) is 4.79 Å². The van der Waals surface area contributed by atoms with Crippen LogP contribution in [0.25, 0.3) is 0 Å². The van der Waals surface area contributed by atoms with Gasteiger partial charge in [-0.2, -0.15) is 4.98 Å². The van der Waals surface area contributed by atoms with Gasteiger partial charge in [0.1, 0.15) is 5.82 Å². The van der Waals surface area contributed by atoms with Crippen molar-refractivity contribution in [2.45, 2.75) is 0 Å². The standard InChI is InChI=1S/C23H17F2N5O/c24-16-9-11-17(12-10-16)27-21-20(25)14-26-23(30-21)29-19-8-4-7-18(13-19)28-22(31)15-5-2-1-3-6-15/h1-14H,(H,28,31)(H2,26,27,29,30). The summed E-state index contributed by atoms with van der Waals surface area (Å²) >= 11 is 0. The molecule has 4 rings (SSSR count). The predicted molar refractivity (Wildman–Crippen MR) is 116 cm³/mol. The summed E-state index contributed by atoms with van der Waals surface area (Å²) in [6, 6.07) is 21.3. The third-order valence-electron chi connectivity index (χ3n) is 4.26. The maximum Gasteiger partial charge on any atom is 0.255 e. The Labute approximate surface area is 177 Å². The van der Waals surface area contributed by atoms with Crippen LogP contribution in [0.4, 0.5) is 37.6 Å². The van der Waals surface area contributed by atoms with Gasteiger partial charge in [0.2, 0.25) is 5.95 Å². The number of hydrogen-bond donors (Lipinski definition) is 3. The van der Waals surface area contributed by atoms with Gasteiger partial charge < -0.3 is 16.0 Å². The van der Waals surface area contributed by atoms with E-state index in [0.29, 0.717) is 22.6 Å². The summed E-state index contributed by atoms with van der Waals surface area (Å²) in [5, 5.41) is 8.59. The van der Waals surface area contributed by atoms with Crippen LogP contribution < -0.4 is 16.0 Å². The van der Waals surface area contributed by atoms with Crippen LogP contribution in [0, 0.1) is 11.6 Å². The Morgan fingerprint density at radius 2 is 1.52 bits per heavy atom. The van der Waals surface area contributed by atoms with Crippen LogP contribution in [-0.4, -0.2) is 15.9 Å². The molecular weight excluding hydrogens is 400 g/mol. The lowest BCUT2D eigenvalue weighted by atomic mass is 10.2. The van der Waals surface area contributed by atoms with Crippen LogP contribution >= 0.6 is 0 Å². The van der Waals surface area contributed by atoms with E-state index in [1.807, 2.05) is 6.07 Å². The molecule has 31 heavy (non-hydrogen) atoms. The van der Waals surface area contributed by atoms with Crippen molar-refractivity contribution in [3.05, 3.63) is 102 Å². The third kappa shape index (κ3) is 5.18. The highest BCUT2D eigenvalue weighted by Crippen LogP contribution is 2.22. The van der Waals surface area contributed by atoms with Crippen molar-refractivity contribution in [3.8, 4) is 0 Å². The van der Waals surface area contributed by atoms with Gasteiger partial charge in [-0.05, 0) is 54.6 Å². The summed E-state index contributed by atoms with van der Waals surface area (Å²) in [6.45, 7) is 0. The molecule has 0 bridgehead atoms. The zero-order valence-electron chi connectivity index (χ0n) is 16.1. The van der Waals surface area contributed by atoms with Gasteiger partial charge in [0.15, 0.2) is 11.6 Å². The number of halogens is 2. The van der Waals surface area contributed by atoms with Crippen LogP contribution in [0.3, 0.4) is 0 Å². The second-order valence-electron chi connectivity index (χ2n) is 6.55. The van der Waals surface area contributed by atoms with Crippen molar-refractivity contribution in [1.29, 1.82) is 0 Å². The molecule has 0 aliphatic rings. The highest BCUT2D eigenvalue weighted by Gasteiger charge is 2.09. The highest BCUT2D eigenvalue weighted by molar-refractivity contribution is 6.04. The number of aromatic nitrogens is 2. The van der Waals surface area contributed by atoms with E-state index in [0.717, 1.165) is 6.20 Å². The SMILES string of the molecule is O=C(Nc1cccc(Nc2ncc(F)c(Nc3ccc(F)cc3)n2)c1)c1ccccc1. The summed E-state index contributed by atoms with van der Waals surface area (Å²) in [5.74, 6) is -1.19. The molecule has 6 nitrogen and oxygen atoms in total. The van der Waals surface area contributed by atoms with Crippen LogP contribution in [0.2, 0.25) is 0 Å². The van der Waals surface area contributed by atoms with Crippen molar-refractivity contribution >= 4 is 34.7 Å². The molecule has 0 atom stereocenters. The molecule has 4 aromatic rings. The second kappa shape index (κ2) is 9.00. The topological polar surface area (TPSA) is 78.9 Å². The Kier molecular flexibility index (Phi) is 5.79. The van der Waals surface area contributed by atoms with E-state index >= 15 is 0 Å². The zero-order chi connectivity index (χ0) is 21.6. The van der Waals surface area contributed by atoms with Crippen LogP contribution in [0.1, 0.15) is 10.4 Å². The number of benzene rings is 3. The Morgan fingerprint density at radius 1 is 0.774 bits per heavy atom. The predicted octanol–water partition coefficient (Wildman–Crippen LogP) is 5.49. The number of rotatable bonds is 6. The monoisotopic (exact) mass is 417 g/mol. The maximum atomic E-state index is 14.1. The average Bonchev–Trinajstić information content (AvgIpc) is 2.78. The fourth-order valence-corrected chi connectivity index (χ4v) is 2.78. The number of carbonyl (C=O) groups is 1. The minimum absolute atomic E-state index is 0.0577. The lowest BCUT2D eigenvalue weighted by molar-refractivity contribution is 0.102. The minimum atomic E-state index is -0.654. The van der Waals surface area contributed by atoms with Crippen LogP contribution in [0.15, 0.2) is 85.1 Å². The summed E-state index contributed by atoms with van der Waals surface area (Å²) < 4.78 is 27.2. The first-order valence-electron chi connectivity index (χ1n) is 9.35. The molecule has 0 fully saturated rings. The Bertz CT molecular complexity index is 1200. The quantitative estimate of drug-likeness (QED) is 0.386. The van der Waals surface area contributed by atoms with Crippen molar-refractivity contribution in [2.24, 2.45) is 0 Å². The molecule has 0 saturated carbocycles. The van der Waals surface area contributed by atoms with Crippen LogP contribution in [-0.2, 0) is 0 Å². The number of amides is 1. The minimum Gasteiger partial charge on any atom is -0.338 e. The van der Waals surface area contributed by atoms with E-state index < -0.39 is 11.6 Å². The van der Waals surface area contributed by atoms with E-state index in [4.69, 9.17) is 0 Å². The van der Waals surface area contributed by atoms with Gasteiger partial charge in [0.25, 0.3) is 5.91 Å². The molecule has 0 aliphatic heterocycles. The molecule has 1 aromatic heterocycles. The number of carbonyl (C=O) groups excluding carboxylic acids is 1. The average molecular weight is 417 g/mol. The van der Waals surface area contributed by atoms with Crippen LogP contribution in [0.5, 0.6) is 0 Å². The van der Waals surface area contributed by atoms with Crippen molar-refractivity contribution in [1.82, 2.24) is 9.97 Å². The van der Waals surface area contributed by atoms with E-state index in [-0.39, 0.29) is 17.7 Å². The molecule has 8 heteroatoms. The number of nitrogens with zero attached hydrogens (tertiary/aromatic N) is 2. The Balaban J connectivity index is 1.48. The van der Waals surface area contributed by atoms with Gasteiger partial charge in [-0.25, -0.2) is 13.8 Å². The second-order valence-corrected chi connectivity index (χ2v) is 6.55. The first kappa shape index (κ1) is 20.0. The molecule has 0 unspecified atom stereocenters. The van der Waals surface area contributed by atoms with Gasteiger partial charge in [-0.15, -0.1) is 0 Å². The maximum absolute atomic E-state index is 14.1. The first-order valence-corrected chi connectivity index (χ1v) is 9.35. The van der Waals surface area contributed by atoms with Crippen molar-refractivity contribution < 1.29 is 13.6 Å². The molecule has 154 valence electrons. The first-order chi connectivity index (χ1) is 15.1. The molecular formula is C23H17F2N5O. The van der Waals surface area contributed by atoms with E-state index in [2.05, 4.69) is 25.9 Å². The van der Waals surface area contributed by atoms with Crippen molar-refractivity contribution in [2.75, 3.05) is 16.0 Å². The largest absolute Gasteiger partial charge is 0.338 e. The fourth-order valence-electron chi connectivity index (χ4n) is 2.78. The molecule has 3 N–H and O–H groups in total. The molecule has 1 heterocycles. The van der Waals surface area contributed by atoms with E-state index in [1.165, 1.54) is 24.3 Å². The molecule has 0 aliphatic carbocycles. The highest BCUT2D eigenvalue weighted by atomic mass is 19.1. The summed E-state index contributed by atoms with van der Waals surface area (Å²) in [7, 11) is 0. The Morgan fingerprint density at radius 3 is 2.29 bits per heavy atom. The molecule has 0 radical (unpaired) electrons.